The molecule has 0 atom stereocenters. The lowest BCUT2D eigenvalue weighted by molar-refractivity contribution is 1.08. The van der Waals surface area contributed by atoms with Crippen molar-refractivity contribution in [2.24, 2.45) is 0 Å². The Bertz CT molecular complexity index is 9490. The van der Waals surface area contributed by atoms with Gasteiger partial charge < -0.3 is 0 Å². The first-order chi connectivity index (χ1) is 70.4. The van der Waals surface area contributed by atoms with Crippen LogP contribution >= 0.6 is 0 Å². The minimum atomic E-state index is 0.653. The number of nitrogens with zero attached hydrogens (tertiary/aromatic N) is 9. The summed E-state index contributed by atoms with van der Waals surface area (Å²) in [5.74, 6) is 3.36. The van der Waals surface area contributed by atoms with Crippen molar-refractivity contribution in [2.75, 3.05) is 0 Å². The van der Waals surface area contributed by atoms with E-state index in [2.05, 4.69) is 479 Å². The summed E-state index contributed by atoms with van der Waals surface area (Å²) in [4.78, 5) is 45.9. The maximum atomic E-state index is 5.32. The van der Waals surface area contributed by atoms with Gasteiger partial charge in [0, 0.05) is 84.4 Å². The molecule has 0 aliphatic carbocycles. The van der Waals surface area contributed by atoms with Crippen molar-refractivity contribution >= 4 is 140 Å². The number of hydrogen-bond donors (Lipinski definition) is 0. The standard InChI is InChI=1S/2C47H29N3.C39H25N3/c1-6-16-37-30(11-1)25-26-48-46(37)31-21-23-32(24-22-31)47-49-44(42-27-33-12-2-4-14-35(33)38-17-7-9-19-40(38)42)29-45(50-47)43-28-34-13-3-5-15-36(34)39-18-8-10-20-41(39)43;1-4-14-36-32(11-1)26-42(40-18-8-6-16-38(36)40)45-28-46(43-27-33-12-2-5-15-37(33)39-17-7-9-19-41(39)43)50-47(49-45)31-23-21-30(22-24-31)35-25-34-13-3-10-20-44(34)48-29-35;1-4-16-31-26(10-1)13-7-19-32(31)29-22-24-30(25-23-29)37-40-38(35-20-8-14-27-11-2-5-17-33(27)35)42-39(41-37)36-21-9-15-28-12-3-6-18-34(28)36/h2*1-29H;1-25H. The zero-order valence-electron chi connectivity index (χ0n) is 76.9. The summed E-state index contributed by atoms with van der Waals surface area (Å²) in [6.07, 6.45) is 3.83. The van der Waals surface area contributed by atoms with Gasteiger partial charge in [-0.15, -0.1) is 0 Å². The molecular weight excluding hydrogens is 1720 g/mol. The van der Waals surface area contributed by atoms with Gasteiger partial charge in [0.2, 0.25) is 0 Å². The van der Waals surface area contributed by atoms with E-state index in [4.69, 9.17) is 44.9 Å². The number of para-hydroxylation sites is 1. The minimum Gasteiger partial charge on any atom is -0.256 e. The Hall–Kier alpha value is -19.1. The van der Waals surface area contributed by atoms with Crippen LogP contribution in [0.25, 0.3) is 276 Å². The van der Waals surface area contributed by atoms with Crippen molar-refractivity contribution in [2.45, 2.75) is 0 Å². The average molecular weight is 1810 g/mol. The summed E-state index contributed by atoms with van der Waals surface area (Å²) in [7, 11) is 0. The molecule has 0 saturated carbocycles. The number of hydrogen-bond acceptors (Lipinski definition) is 9. The second-order valence-electron chi connectivity index (χ2n) is 36.1. The topological polar surface area (TPSA) is 116 Å². The highest BCUT2D eigenvalue weighted by molar-refractivity contribution is 6.19. The number of fused-ring (bicyclic) bond motifs is 17. The van der Waals surface area contributed by atoms with E-state index in [-0.39, 0.29) is 0 Å². The van der Waals surface area contributed by atoms with Crippen LogP contribution in [0, 0.1) is 0 Å². The molecule has 0 unspecified atom stereocenters. The summed E-state index contributed by atoms with van der Waals surface area (Å²) < 4.78 is 0. The molecule has 28 aromatic rings. The van der Waals surface area contributed by atoms with E-state index in [0.717, 1.165) is 139 Å². The zero-order chi connectivity index (χ0) is 93.9. The van der Waals surface area contributed by atoms with E-state index >= 15 is 0 Å². The van der Waals surface area contributed by atoms with Crippen LogP contribution in [0.4, 0.5) is 0 Å². The van der Waals surface area contributed by atoms with Gasteiger partial charge in [-0.2, -0.15) is 0 Å². The third-order valence-corrected chi connectivity index (χ3v) is 27.7. The summed E-state index contributed by atoms with van der Waals surface area (Å²) in [5, 5.41) is 29.7. The molecule has 0 radical (unpaired) electrons. The van der Waals surface area contributed by atoms with Gasteiger partial charge in [-0.1, -0.05) is 437 Å². The highest BCUT2D eigenvalue weighted by Gasteiger charge is 2.24. The lowest BCUT2D eigenvalue weighted by Gasteiger charge is -2.15. The van der Waals surface area contributed by atoms with E-state index in [1.807, 2.05) is 24.5 Å². The predicted molar refractivity (Wildman–Crippen MR) is 592 cm³/mol. The number of aromatic nitrogens is 9. The Morgan fingerprint density at radius 3 is 0.782 bits per heavy atom. The van der Waals surface area contributed by atoms with E-state index in [9.17, 15) is 0 Å². The van der Waals surface area contributed by atoms with E-state index in [1.165, 1.54) is 108 Å². The van der Waals surface area contributed by atoms with Gasteiger partial charge >= 0.3 is 0 Å². The Morgan fingerprint density at radius 1 is 0.127 bits per heavy atom. The highest BCUT2D eigenvalue weighted by atomic mass is 15.0. The summed E-state index contributed by atoms with van der Waals surface area (Å²) in [6.45, 7) is 0. The predicted octanol–water partition coefficient (Wildman–Crippen LogP) is 34.6. The summed E-state index contributed by atoms with van der Waals surface area (Å²) in [5.41, 5.74) is 20.3. The molecule has 660 valence electrons. The quantitative estimate of drug-likeness (QED) is 0.110. The van der Waals surface area contributed by atoms with Crippen LogP contribution in [0.3, 0.4) is 0 Å². The molecule has 0 fully saturated rings. The van der Waals surface area contributed by atoms with Crippen molar-refractivity contribution in [3.63, 3.8) is 0 Å². The van der Waals surface area contributed by atoms with Gasteiger partial charge in [0.15, 0.2) is 29.1 Å². The average Bonchev–Trinajstić information content (AvgIpc) is 0.743. The normalized spacial score (nSPS) is 11.5. The molecule has 28 rings (SSSR count). The van der Waals surface area contributed by atoms with Gasteiger partial charge in [0.25, 0.3) is 0 Å². The van der Waals surface area contributed by atoms with E-state index in [1.54, 1.807) is 0 Å². The molecule has 0 N–H and O–H groups in total. The molecule has 142 heavy (non-hydrogen) atoms. The van der Waals surface area contributed by atoms with Crippen molar-refractivity contribution in [3.05, 3.63) is 504 Å². The van der Waals surface area contributed by atoms with Gasteiger partial charge in [-0.3, -0.25) is 9.97 Å². The van der Waals surface area contributed by atoms with Gasteiger partial charge in [-0.05, 0) is 195 Å². The number of pyridine rings is 2. The molecule has 0 saturated heterocycles. The molecule has 9 nitrogen and oxygen atoms in total. The smallest absolute Gasteiger partial charge is 0.164 e. The molecule has 0 aliphatic heterocycles. The van der Waals surface area contributed by atoms with Crippen LogP contribution in [0.1, 0.15) is 0 Å². The molecule has 0 amide bonds. The van der Waals surface area contributed by atoms with Crippen LogP contribution < -0.4 is 0 Å². The highest BCUT2D eigenvalue weighted by Crippen LogP contribution is 2.45. The van der Waals surface area contributed by atoms with Gasteiger partial charge in [0.1, 0.15) is 0 Å². The lowest BCUT2D eigenvalue weighted by Crippen LogP contribution is -2.01. The largest absolute Gasteiger partial charge is 0.256 e. The van der Waals surface area contributed by atoms with E-state index in [0.29, 0.717) is 29.1 Å². The number of rotatable bonds is 12. The molecule has 0 spiro atoms. The fraction of sp³-hybridized carbons (Fsp3) is 0. The monoisotopic (exact) mass is 1810 g/mol. The first-order valence-electron chi connectivity index (χ1n) is 48.0. The maximum Gasteiger partial charge on any atom is 0.164 e. The zero-order valence-corrected chi connectivity index (χ0v) is 76.9. The second-order valence-corrected chi connectivity index (χ2v) is 36.1. The molecule has 9 heteroatoms. The third kappa shape index (κ3) is 15.5. The van der Waals surface area contributed by atoms with Crippen molar-refractivity contribution in [3.8, 4) is 135 Å². The Morgan fingerprint density at radius 2 is 0.394 bits per heavy atom. The molecular formula is C133H83N9. The maximum absolute atomic E-state index is 5.32. The first kappa shape index (κ1) is 83.5. The Kier molecular flexibility index (Phi) is 21.1. The van der Waals surface area contributed by atoms with Crippen LogP contribution in [0.2, 0.25) is 0 Å². The second kappa shape index (κ2) is 35.9. The first-order valence-corrected chi connectivity index (χ1v) is 48.0. The van der Waals surface area contributed by atoms with Crippen molar-refractivity contribution in [1.29, 1.82) is 0 Å². The van der Waals surface area contributed by atoms with E-state index < -0.39 is 0 Å². The molecule has 23 aromatic carbocycles. The minimum absolute atomic E-state index is 0.653. The molecule has 0 bridgehead atoms. The van der Waals surface area contributed by atoms with Gasteiger partial charge in [-0.25, -0.2) is 34.9 Å². The van der Waals surface area contributed by atoms with Crippen LogP contribution in [0.5, 0.6) is 0 Å². The van der Waals surface area contributed by atoms with Gasteiger partial charge in [0.05, 0.1) is 34.0 Å². The van der Waals surface area contributed by atoms with Crippen LogP contribution in [-0.4, -0.2) is 44.9 Å². The SMILES string of the molecule is c1ccc2c(-c3ccc(-c4nc(-c5cc6ccccc6c6ccccc56)cc(-c5cc6ccccc6c6ccccc56)n4)cc3)nccc2c1.c1ccc2c(-c3ccc(-c4nc(-c5cccc6ccccc56)nc(-c5cccc6ccccc56)n4)cc3)cccc2c1.c1ccc2ncc(-c3ccc(-c4nc(-c5cc6ccccc6c6ccccc56)cc(-c5cc6ccccc6c6ccccc56)n4)cc3)cc2c1. The van der Waals surface area contributed by atoms with Crippen LogP contribution in [0.15, 0.2) is 504 Å². The summed E-state index contributed by atoms with van der Waals surface area (Å²) >= 11 is 0. The van der Waals surface area contributed by atoms with Crippen molar-refractivity contribution in [1.82, 2.24) is 44.9 Å². The Balaban J connectivity index is 0.000000110. The molecule has 0 aliphatic rings. The number of benzene rings is 23. The fourth-order valence-electron chi connectivity index (χ4n) is 20.8. The Labute approximate surface area is 818 Å². The van der Waals surface area contributed by atoms with Crippen LogP contribution in [-0.2, 0) is 0 Å². The fourth-order valence-corrected chi connectivity index (χ4v) is 20.8. The molecule has 5 heterocycles. The molecule has 5 aromatic heterocycles. The summed E-state index contributed by atoms with van der Waals surface area (Å²) in [6, 6.07) is 173. The van der Waals surface area contributed by atoms with Crippen molar-refractivity contribution < 1.29 is 0 Å². The third-order valence-electron chi connectivity index (χ3n) is 27.7. The lowest BCUT2D eigenvalue weighted by atomic mass is 9.93.